The zero-order chi connectivity index (χ0) is 7.23. The zero-order valence-electron chi connectivity index (χ0n) is 6.01. The zero-order valence-corrected chi connectivity index (χ0v) is 6.01. The molecule has 0 unspecified atom stereocenters. The SMILES string of the molecule is C=CCNCC1OCCO1. The third-order valence-electron chi connectivity index (χ3n) is 1.29. The molecule has 1 heterocycles. The van der Waals surface area contributed by atoms with Crippen molar-refractivity contribution < 1.29 is 9.47 Å². The summed E-state index contributed by atoms with van der Waals surface area (Å²) in [4.78, 5) is 0. The van der Waals surface area contributed by atoms with E-state index in [2.05, 4.69) is 11.9 Å². The van der Waals surface area contributed by atoms with Gasteiger partial charge in [0.05, 0.1) is 13.2 Å². The maximum Gasteiger partial charge on any atom is 0.170 e. The first-order chi connectivity index (χ1) is 4.93. The summed E-state index contributed by atoms with van der Waals surface area (Å²) < 4.78 is 10.4. The first-order valence-corrected chi connectivity index (χ1v) is 3.48. The van der Waals surface area contributed by atoms with E-state index < -0.39 is 0 Å². The Kier molecular flexibility index (Phi) is 3.43. The van der Waals surface area contributed by atoms with Crippen molar-refractivity contribution in [1.82, 2.24) is 5.32 Å². The Morgan fingerprint density at radius 1 is 1.50 bits per heavy atom. The molecule has 0 aromatic carbocycles. The highest BCUT2D eigenvalue weighted by Crippen LogP contribution is 2.00. The van der Waals surface area contributed by atoms with E-state index in [4.69, 9.17) is 9.47 Å². The Bertz CT molecular complexity index is 99.8. The van der Waals surface area contributed by atoms with Gasteiger partial charge in [0.1, 0.15) is 0 Å². The lowest BCUT2D eigenvalue weighted by molar-refractivity contribution is -0.0384. The van der Waals surface area contributed by atoms with E-state index >= 15 is 0 Å². The van der Waals surface area contributed by atoms with E-state index in [1.165, 1.54) is 0 Å². The summed E-state index contributed by atoms with van der Waals surface area (Å²) in [6.45, 7) is 6.59. The maximum absolute atomic E-state index is 5.18. The van der Waals surface area contributed by atoms with Gasteiger partial charge in [-0.05, 0) is 0 Å². The molecule has 0 aliphatic carbocycles. The molecule has 0 amide bonds. The molecule has 3 heteroatoms. The maximum atomic E-state index is 5.18. The molecule has 58 valence electrons. The topological polar surface area (TPSA) is 30.5 Å². The Labute approximate surface area is 61.0 Å². The fraction of sp³-hybridized carbons (Fsp3) is 0.714. The van der Waals surface area contributed by atoms with Crippen LogP contribution in [0.5, 0.6) is 0 Å². The number of hydrogen-bond donors (Lipinski definition) is 1. The Morgan fingerprint density at radius 2 is 2.20 bits per heavy atom. The lowest BCUT2D eigenvalue weighted by atomic mass is 10.5. The lowest BCUT2D eigenvalue weighted by Gasteiger charge is -2.07. The predicted octanol–water partition coefficient (Wildman–Crippen LogP) is 0.135. The highest BCUT2D eigenvalue weighted by Gasteiger charge is 2.13. The standard InChI is InChI=1S/C7H13NO2/c1-2-3-8-6-7-9-4-5-10-7/h2,7-8H,1,3-6H2. The number of rotatable bonds is 4. The van der Waals surface area contributed by atoms with Crippen LogP contribution < -0.4 is 5.32 Å². The highest BCUT2D eigenvalue weighted by molar-refractivity contribution is 4.70. The van der Waals surface area contributed by atoms with E-state index in [9.17, 15) is 0 Å². The van der Waals surface area contributed by atoms with Crippen LogP contribution in [0.3, 0.4) is 0 Å². The van der Waals surface area contributed by atoms with Gasteiger partial charge < -0.3 is 14.8 Å². The van der Waals surface area contributed by atoms with Crippen LogP contribution >= 0.6 is 0 Å². The Hall–Kier alpha value is -0.380. The summed E-state index contributed by atoms with van der Waals surface area (Å²) in [6.07, 6.45) is 1.77. The third-order valence-corrected chi connectivity index (χ3v) is 1.29. The average Bonchev–Trinajstić information content (AvgIpc) is 2.41. The normalized spacial score (nSPS) is 19.6. The minimum Gasteiger partial charge on any atom is -0.349 e. The van der Waals surface area contributed by atoms with E-state index in [-0.39, 0.29) is 6.29 Å². The highest BCUT2D eigenvalue weighted by atomic mass is 16.7. The molecule has 0 bridgehead atoms. The lowest BCUT2D eigenvalue weighted by Crippen LogP contribution is -2.27. The van der Waals surface area contributed by atoms with Crippen molar-refractivity contribution in [2.24, 2.45) is 0 Å². The van der Waals surface area contributed by atoms with Crippen LogP contribution in [-0.2, 0) is 9.47 Å². The Morgan fingerprint density at radius 3 is 2.80 bits per heavy atom. The molecule has 0 aromatic rings. The summed E-state index contributed by atoms with van der Waals surface area (Å²) in [7, 11) is 0. The minimum absolute atomic E-state index is 0.0417. The quantitative estimate of drug-likeness (QED) is 0.448. The summed E-state index contributed by atoms with van der Waals surface area (Å²) in [5.41, 5.74) is 0. The molecule has 0 aromatic heterocycles. The van der Waals surface area contributed by atoms with Gasteiger partial charge in [0.25, 0.3) is 0 Å². The van der Waals surface area contributed by atoms with Crippen LogP contribution in [0.15, 0.2) is 12.7 Å². The second kappa shape index (κ2) is 4.44. The van der Waals surface area contributed by atoms with Gasteiger partial charge >= 0.3 is 0 Å². The molecular formula is C7H13NO2. The van der Waals surface area contributed by atoms with Gasteiger partial charge in [-0.25, -0.2) is 0 Å². The van der Waals surface area contributed by atoms with Crippen molar-refractivity contribution in [2.45, 2.75) is 6.29 Å². The molecule has 0 saturated carbocycles. The average molecular weight is 143 g/mol. The van der Waals surface area contributed by atoms with E-state index in [1.807, 2.05) is 6.08 Å². The summed E-state index contributed by atoms with van der Waals surface area (Å²) in [6, 6.07) is 0. The molecule has 3 nitrogen and oxygen atoms in total. The molecule has 0 spiro atoms. The first kappa shape index (κ1) is 7.72. The monoisotopic (exact) mass is 143 g/mol. The van der Waals surface area contributed by atoms with E-state index in [0.717, 1.165) is 26.3 Å². The largest absolute Gasteiger partial charge is 0.349 e. The van der Waals surface area contributed by atoms with E-state index in [0.29, 0.717) is 0 Å². The number of nitrogens with one attached hydrogen (secondary N) is 1. The molecule has 1 N–H and O–H groups in total. The van der Waals surface area contributed by atoms with Gasteiger partial charge in [-0.1, -0.05) is 6.08 Å². The summed E-state index contributed by atoms with van der Waals surface area (Å²) in [5.74, 6) is 0. The fourth-order valence-corrected chi connectivity index (χ4v) is 0.828. The molecule has 1 aliphatic rings. The number of hydrogen-bond acceptors (Lipinski definition) is 3. The molecule has 1 rings (SSSR count). The molecule has 1 saturated heterocycles. The molecule has 10 heavy (non-hydrogen) atoms. The molecule has 1 fully saturated rings. The molecule has 0 radical (unpaired) electrons. The minimum atomic E-state index is -0.0417. The van der Waals surface area contributed by atoms with Gasteiger partial charge in [0.2, 0.25) is 0 Å². The summed E-state index contributed by atoms with van der Waals surface area (Å²) >= 11 is 0. The third kappa shape index (κ3) is 2.47. The van der Waals surface area contributed by atoms with Crippen LogP contribution in [0.1, 0.15) is 0 Å². The Balaban J connectivity index is 1.96. The van der Waals surface area contributed by atoms with Gasteiger partial charge in [0, 0.05) is 13.1 Å². The van der Waals surface area contributed by atoms with E-state index in [1.54, 1.807) is 0 Å². The van der Waals surface area contributed by atoms with Crippen molar-refractivity contribution in [3.05, 3.63) is 12.7 Å². The summed E-state index contributed by atoms with van der Waals surface area (Å²) in [5, 5.41) is 3.11. The van der Waals surface area contributed by atoms with Gasteiger partial charge in [-0.15, -0.1) is 6.58 Å². The smallest absolute Gasteiger partial charge is 0.170 e. The van der Waals surface area contributed by atoms with Crippen molar-refractivity contribution in [2.75, 3.05) is 26.3 Å². The van der Waals surface area contributed by atoms with Crippen molar-refractivity contribution in [3.8, 4) is 0 Å². The fourth-order valence-electron chi connectivity index (χ4n) is 0.828. The first-order valence-electron chi connectivity index (χ1n) is 3.48. The second-order valence-corrected chi connectivity index (χ2v) is 2.12. The molecule has 1 aliphatic heterocycles. The van der Waals surface area contributed by atoms with Crippen molar-refractivity contribution >= 4 is 0 Å². The van der Waals surface area contributed by atoms with Crippen LogP contribution in [0.4, 0.5) is 0 Å². The van der Waals surface area contributed by atoms with Crippen LogP contribution in [0, 0.1) is 0 Å². The van der Waals surface area contributed by atoms with Crippen molar-refractivity contribution in [1.29, 1.82) is 0 Å². The van der Waals surface area contributed by atoms with Gasteiger partial charge in [-0.2, -0.15) is 0 Å². The van der Waals surface area contributed by atoms with Gasteiger partial charge in [-0.3, -0.25) is 0 Å². The molecule has 0 atom stereocenters. The van der Waals surface area contributed by atoms with Crippen molar-refractivity contribution in [3.63, 3.8) is 0 Å². The van der Waals surface area contributed by atoms with Crippen LogP contribution in [0.25, 0.3) is 0 Å². The predicted molar refractivity (Wildman–Crippen MR) is 38.8 cm³/mol. The van der Waals surface area contributed by atoms with Crippen LogP contribution in [0.2, 0.25) is 0 Å². The van der Waals surface area contributed by atoms with Crippen LogP contribution in [-0.4, -0.2) is 32.6 Å². The second-order valence-electron chi connectivity index (χ2n) is 2.12. The number of ether oxygens (including phenoxy) is 2. The van der Waals surface area contributed by atoms with Gasteiger partial charge in [0.15, 0.2) is 6.29 Å². The molecular weight excluding hydrogens is 130 g/mol.